The fraction of sp³-hybridized carbons (Fsp3) is 0.455. The lowest BCUT2D eigenvalue weighted by atomic mass is 10.2. The largest absolute Gasteiger partial charge is 0.489 e. The van der Waals surface area contributed by atoms with Crippen LogP contribution in [0.2, 0.25) is 0 Å². The zero-order chi connectivity index (χ0) is 14.1. The Morgan fingerprint density at radius 1 is 1.25 bits per heavy atom. The Hall–Kier alpha value is -2.58. The van der Waals surface area contributed by atoms with E-state index in [-0.39, 0.29) is 33.1 Å². The van der Waals surface area contributed by atoms with Crippen LogP contribution in [0.5, 0.6) is 11.5 Å². The molecule has 9 nitrogen and oxygen atoms in total. The number of fused-ring (bicyclic) bond motifs is 3. The molecule has 0 fully saturated rings. The van der Waals surface area contributed by atoms with Gasteiger partial charge in [-0.15, -0.1) is 0 Å². The van der Waals surface area contributed by atoms with E-state index < -0.39 is 4.92 Å². The molecule has 0 saturated carbocycles. The number of rotatable bonds is 1. The van der Waals surface area contributed by atoms with Crippen molar-refractivity contribution in [1.29, 1.82) is 0 Å². The molecule has 1 aromatic heterocycles. The van der Waals surface area contributed by atoms with E-state index in [1.165, 1.54) is 6.07 Å². The van der Waals surface area contributed by atoms with E-state index in [1.807, 2.05) is 0 Å². The predicted molar refractivity (Wildman–Crippen MR) is 64.5 cm³/mol. The average molecular weight is 281 g/mol. The molecule has 0 N–H and O–H groups in total. The van der Waals surface area contributed by atoms with Gasteiger partial charge in [-0.2, -0.15) is 0 Å². The first-order chi connectivity index (χ1) is 9.68. The number of non-ortho nitro benzene ring substituents is 1. The lowest BCUT2D eigenvalue weighted by Crippen LogP contribution is -2.23. The minimum absolute atomic E-state index is 0.0996. The van der Waals surface area contributed by atoms with E-state index >= 15 is 0 Å². The van der Waals surface area contributed by atoms with Crippen molar-refractivity contribution in [2.24, 2.45) is 0 Å². The zero-order valence-corrected chi connectivity index (χ0v) is 10.4. The molecule has 1 aliphatic rings. The maximum Gasteiger partial charge on any atom is 0.330 e. The van der Waals surface area contributed by atoms with Crippen LogP contribution in [0.25, 0.3) is 11.0 Å². The van der Waals surface area contributed by atoms with E-state index in [0.717, 1.165) is 19.3 Å². The molecule has 2 aromatic rings. The molecular weight excluding hydrogens is 270 g/mol. The predicted octanol–water partition coefficient (Wildman–Crippen LogP) is 1.31. The van der Waals surface area contributed by atoms with Gasteiger partial charge >= 0.3 is 11.2 Å². The summed E-state index contributed by atoms with van der Waals surface area (Å²) in [6, 6.07) is 1.21. The van der Waals surface area contributed by atoms with Gasteiger partial charge in [0.1, 0.15) is 0 Å². The molecule has 0 spiro atoms. The first-order valence-electron chi connectivity index (χ1n) is 6.15. The number of nitrogens with zero attached hydrogens (tertiary/aromatic N) is 3. The topological polar surface area (TPSA) is 115 Å². The van der Waals surface area contributed by atoms with E-state index in [1.54, 1.807) is 0 Å². The molecule has 9 heteroatoms. The van der Waals surface area contributed by atoms with Crippen molar-refractivity contribution in [2.45, 2.75) is 19.3 Å². The average Bonchev–Trinajstić information content (AvgIpc) is 2.84. The third-order valence-electron chi connectivity index (χ3n) is 3.05. The standard InChI is InChI=1S/C11H11N3O6/c15-13(16)7-6-8-11(10-9(7)12-20-14(10)17)19-5-3-1-2-4-18-8/h6H,1-5H2. The summed E-state index contributed by atoms with van der Waals surface area (Å²) >= 11 is 0. The van der Waals surface area contributed by atoms with Crippen LogP contribution in [-0.4, -0.2) is 23.3 Å². The molecule has 0 aliphatic carbocycles. The van der Waals surface area contributed by atoms with Gasteiger partial charge in [-0.3, -0.25) is 14.7 Å². The van der Waals surface area contributed by atoms with Gasteiger partial charge in [0.05, 0.1) is 29.4 Å². The lowest BCUT2D eigenvalue weighted by molar-refractivity contribution is -0.782. The fourth-order valence-electron chi connectivity index (χ4n) is 2.10. The summed E-state index contributed by atoms with van der Waals surface area (Å²) in [5.41, 5.74) is -0.609. The molecule has 106 valence electrons. The summed E-state index contributed by atoms with van der Waals surface area (Å²) < 4.78 is 15.5. The van der Waals surface area contributed by atoms with Crippen molar-refractivity contribution < 1.29 is 23.9 Å². The van der Waals surface area contributed by atoms with E-state index in [4.69, 9.17) is 9.47 Å². The van der Waals surface area contributed by atoms with E-state index in [0.29, 0.717) is 13.2 Å². The van der Waals surface area contributed by atoms with Gasteiger partial charge in [0.2, 0.25) is 5.75 Å². The Balaban J connectivity index is 2.25. The van der Waals surface area contributed by atoms with Gasteiger partial charge in [-0.25, -0.2) is 0 Å². The SMILES string of the molecule is O=[N+]([O-])c1cc2c(c3c1no[n+]3[O-])OCCCCCO2. The molecule has 0 saturated heterocycles. The minimum atomic E-state index is -0.638. The van der Waals surface area contributed by atoms with E-state index in [2.05, 4.69) is 9.79 Å². The number of ether oxygens (including phenoxy) is 2. The molecule has 0 radical (unpaired) electrons. The van der Waals surface area contributed by atoms with Crippen molar-refractivity contribution in [3.63, 3.8) is 0 Å². The minimum Gasteiger partial charge on any atom is -0.489 e. The van der Waals surface area contributed by atoms with Crippen LogP contribution in [0.1, 0.15) is 19.3 Å². The van der Waals surface area contributed by atoms with Crippen molar-refractivity contribution >= 4 is 16.7 Å². The zero-order valence-electron chi connectivity index (χ0n) is 10.4. The van der Waals surface area contributed by atoms with Gasteiger partial charge in [-0.1, -0.05) is 0 Å². The number of hydrogen-bond acceptors (Lipinski definition) is 7. The molecule has 20 heavy (non-hydrogen) atoms. The van der Waals surface area contributed by atoms with Gasteiger partial charge in [0.15, 0.2) is 5.75 Å². The summed E-state index contributed by atoms with van der Waals surface area (Å²) in [7, 11) is 0. The van der Waals surface area contributed by atoms with Crippen LogP contribution in [0, 0.1) is 15.3 Å². The molecular formula is C11H11N3O6. The Morgan fingerprint density at radius 2 is 2.00 bits per heavy atom. The molecule has 0 bridgehead atoms. The van der Waals surface area contributed by atoms with Crippen LogP contribution >= 0.6 is 0 Å². The van der Waals surface area contributed by atoms with Gasteiger partial charge in [0, 0.05) is 0 Å². The van der Waals surface area contributed by atoms with Crippen LogP contribution in [0.3, 0.4) is 0 Å². The van der Waals surface area contributed by atoms with Crippen LogP contribution in [-0.2, 0) is 0 Å². The second-order valence-electron chi connectivity index (χ2n) is 4.36. The Labute approximate surface area is 112 Å². The normalized spacial score (nSPS) is 15.4. The molecule has 3 rings (SSSR count). The highest BCUT2D eigenvalue weighted by Crippen LogP contribution is 2.39. The van der Waals surface area contributed by atoms with Crippen LogP contribution in [0.4, 0.5) is 5.69 Å². The van der Waals surface area contributed by atoms with E-state index in [9.17, 15) is 15.3 Å². The Kier molecular flexibility index (Phi) is 3.01. The maximum atomic E-state index is 11.6. The maximum absolute atomic E-state index is 11.6. The fourth-order valence-corrected chi connectivity index (χ4v) is 2.10. The van der Waals surface area contributed by atoms with Crippen molar-refractivity contribution in [1.82, 2.24) is 5.16 Å². The number of hydrogen-bond donors (Lipinski definition) is 0. The highest BCUT2D eigenvalue weighted by atomic mass is 16.8. The number of nitro benzene ring substituents is 1. The summed E-state index contributed by atoms with van der Waals surface area (Å²) in [5.74, 6) is 0.308. The first-order valence-corrected chi connectivity index (χ1v) is 6.15. The molecule has 0 amide bonds. The molecule has 2 heterocycles. The van der Waals surface area contributed by atoms with Crippen molar-refractivity contribution in [2.75, 3.05) is 13.2 Å². The second-order valence-corrected chi connectivity index (χ2v) is 4.36. The van der Waals surface area contributed by atoms with Crippen molar-refractivity contribution in [3.8, 4) is 11.5 Å². The lowest BCUT2D eigenvalue weighted by Gasteiger charge is -2.09. The van der Waals surface area contributed by atoms with Crippen LogP contribution in [0.15, 0.2) is 10.7 Å². The van der Waals surface area contributed by atoms with Crippen molar-refractivity contribution in [3.05, 3.63) is 21.4 Å². The van der Waals surface area contributed by atoms with Gasteiger partial charge in [-0.05, 0) is 24.2 Å². The molecule has 0 unspecified atom stereocenters. The summed E-state index contributed by atoms with van der Waals surface area (Å²) in [4.78, 5) is 10.5. The monoisotopic (exact) mass is 281 g/mol. The van der Waals surface area contributed by atoms with Gasteiger partial charge in [0.25, 0.3) is 5.52 Å². The number of nitro groups is 1. The molecule has 1 aliphatic heterocycles. The summed E-state index contributed by atoms with van der Waals surface area (Å²) in [5, 5.41) is 26.1. The third kappa shape index (κ3) is 1.96. The highest BCUT2D eigenvalue weighted by Gasteiger charge is 2.31. The third-order valence-corrected chi connectivity index (χ3v) is 3.05. The van der Waals surface area contributed by atoms with Gasteiger partial charge < -0.3 is 14.7 Å². The number of aromatic nitrogens is 2. The quantitative estimate of drug-likeness (QED) is 0.439. The molecule has 1 aromatic carbocycles. The molecule has 0 atom stereocenters. The smallest absolute Gasteiger partial charge is 0.330 e. The number of benzene rings is 1. The Morgan fingerprint density at radius 3 is 2.75 bits per heavy atom. The summed E-state index contributed by atoms with van der Waals surface area (Å²) in [6.07, 6.45) is 2.54. The Bertz CT molecular complexity index is 668. The van der Waals surface area contributed by atoms with Crippen LogP contribution < -0.4 is 14.4 Å². The first kappa shape index (κ1) is 12.5. The second kappa shape index (κ2) is 4.83. The highest BCUT2D eigenvalue weighted by molar-refractivity contribution is 5.89. The summed E-state index contributed by atoms with van der Waals surface area (Å²) in [6.45, 7) is 0.803.